The summed E-state index contributed by atoms with van der Waals surface area (Å²) in [4.78, 5) is 22.9. The normalized spacial score (nSPS) is 11.4. The molecule has 0 unspecified atom stereocenters. The molecule has 3 heterocycles. The predicted molar refractivity (Wildman–Crippen MR) is 111 cm³/mol. The summed E-state index contributed by atoms with van der Waals surface area (Å²) in [6, 6.07) is 11.6. The molecule has 0 fully saturated rings. The summed E-state index contributed by atoms with van der Waals surface area (Å²) in [6.45, 7) is 3.86. The second-order valence-corrected chi connectivity index (χ2v) is 7.58. The molecule has 3 aromatic heterocycles. The van der Waals surface area contributed by atoms with Gasteiger partial charge in [-0.2, -0.15) is 0 Å². The number of hydrogen-bond acceptors (Lipinski definition) is 6. The van der Waals surface area contributed by atoms with Crippen LogP contribution in [0.2, 0.25) is 0 Å². The highest BCUT2D eigenvalue weighted by Crippen LogP contribution is 2.30. The molecule has 4 rings (SSSR count). The average molecular weight is 395 g/mol. The first-order chi connectivity index (χ1) is 13.6. The van der Waals surface area contributed by atoms with E-state index in [4.69, 9.17) is 9.15 Å². The summed E-state index contributed by atoms with van der Waals surface area (Å²) in [6.07, 6.45) is 1.60. The molecule has 0 saturated carbocycles. The SMILES string of the molecule is Cc1cccc(OCCN(C)Cc2nc3scc(-c4ccco4)c3c(=O)[nH]2)c1. The summed E-state index contributed by atoms with van der Waals surface area (Å²) in [7, 11) is 1.98. The van der Waals surface area contributed by atoms with Gasteiger partial charge in [0.2, 0.25) is 0 Å². The Bertz CT molecular complexity index is 1130. The van der Waals surface area contributed by atoms with Crippen molar-refractivity contribution >= 4 is 21.6 Å². The third kappa shape index (κ3) is 4.00. The summed E-state index contributed by atoms with van der Waals surface area (Å²) in [5.74, 6) is 2.19. The van der Waals surface area contributed by atoms with Gasteiger partial charge in [0, 0.05) is 17.5 Å². The van der Waals surface area contributed by atoms with Crippen molar-refractivity contribution in [2.24, 2.45) is 0 Å². The fourth-order valence-electron chi connectivity index (χ4n) is 3.04. The van der Waals surface area contributed by atoms with Crippen LogP contribution in [0.15, 0.2) is 57.3 Å². The fraction of sp³-hybridized carbons (Fsp3) is 0.238. The molecule has 28 heavy (non-hydrogen) atoms. The maximum atomic E-state index is 12.6. The largest absolute Gasteiger partial charge is 0.492 e. The molecule has 0 aliphatic heterocycles. The number of ether oxygens (including phenoxy) is 1. The van der Waals surface area contributed by atoms with Crippen LogP contribution < -0.4 is 10.3 Å². The third-order valence-electron chi connectivity index (χ3n) is 4.43. The lowest BCUT2D eigenvalue weighted by Crippen LogP contribution is -2.26. The minimum Gasteiger partial charge on any atom is -0.492 e. The third-order valence-corrected chi connectivity index (χ3v) is 5.30. The van der Waals surface area contributed by atoms with E-state index in [2.05, 4.69) is 14.9 Å². The Labute approximate surface area is 166 Å². The molecule has 0 saturated heterocycles. The van der Waals surface area contributed by atoms with Gasteiger partial charge in [0.15, 0.2) is 0 Å². The first-order valence-electron chi connectivity index (χ1n) is 9.02. The number of likely N-dealkylation sites (N-methyl/N-ethyl adjacent to an activating group) is 1. The number of aromatic nitrogens is 2. The first-order valence-corrected chi connectivity index (χ1v) is 9.90. The van der Waals surface area contributed by atoms with E-state index in [1.165, 1.54) is 16.9 Å². The molecule has 0 atom stereocenters. The number of H-pyrrole nitrogens is 1. The van der Waals surface area contributed by atoms with Gasteiger partial charge >= 0.3 is 0 Å². The van der Waals surface area contributed by atoms with Crippen LogP contribution in [0.3, 0.4) is 0 Å². The highest BCUT2D eigenvalue weighted by atomic mass is 32.1. The molecule has 144 valence electrons. The van der Waals surface area contributed by atoms with E-state index in [-0.39, 0.29) is 5.56 Å². The van der Waals surface area contributed by atoms with Gasteiger partial charge in [0.05, 0.1) is 18.2 Å². The van der Waals surface area contributed by atoms with Gasteiger partial charge < -0.3 is 14.1 Å². The number of rotatable bonds is 7. The van der Waals surface area contributed by atoms with Gasteiger partial charge in [-0.3, -0.25) is 9.69 Å². The molecular formula is C21H21N3O3S. The lowest BCUT2D eigenvalue weighted by molar-refractivity contribution is 0.230. The van der Waals surface area contributed by atoms with Crippen molar-refractivity contribution in [2.75, 3.05) is 20.2 Å². The number of hydrogen-bond donors (Lipinski definition) is 1. The van der Waals surface area contributed by atoms with Gasteiger partial charge in [-0.25, -0.2) is 4.98 Å². The molecule has 7 heteroatoms. The van der Waals surface area contributed by atoms with E-state index in [0.29, 0.717) is 30.1 Å². The fourth-order valence-corrected chi connectivity index (χ4v) is 3.99. The Balaban J connectivity index is 1.42. The maximum absolute atomic E-state index is 12.6. The van der Waals surface area contributed by atoms with Gasteiger partial charge in [0.25, 0.3) is 5.56 Å². The van der Waals surface area contributed by atoms with Crippen LogP contribution in [0, 0.1) is 6.92 Å². The molecule has 1 N–H and O–H groups in total. The van der Waals surface area contributed by atoms with Crippen molar-refractivity contribution in [3.63, 3.8) is 0 Å². The van der Waals surface area contributed by atoms with E-state index in [1.54, 1.807) is 6.26 Å². The van der Waals surface area contributed by atoms with Crippen molar-refractivity contribution in [3.8, 4) is 17.1 Å². The summed E-state index contributed by atoms with van der Waals surface area (Å²) in [5, 5.41) is 2.49. The molecule has 0 spiro atoms. The maximum Gasteiger partial charge on any atom is 0.260 e. The van der Waals surface area contributed by atoms with Crippen LogP contribution in [0.25, 0.3) is 21.5 Å². The van der Waals surface area contributed by atoms with Crippen molar-refractivity contribution in [1.82, 2.24) is 14.9 Å². The quantitative estimate of drug-likeness (QED) is 0.511. The van der Waals surface area contributed by atoms with Crippen LogP contribution >= 0.6 is 11.3 Å². The zero-order chi connectivity index (χ0) is 19.5. The highest BCUT2D eigenvalue weighted by molar-refractivity contribution is 7.17. The topological polar surface area (TPSA) is 71.4 Å². The minimum atomic E-state index is -0.142. The Morgan fingerprint density at radius 3 is 2.96 bits per heavy atom. The molecular weight excluding hydrogens is 374 g/mol. The van der Waals surface area contributed by atoms with E-state index >= 15 is 0 Å². The van der Waals surface area contributed by atoms with Gasteiger partial charge in [-0.1, -0.05) is 12.1 Å². The number of nitrogens with zero attached hydrogens (tertiary/aromatic N) is 2. The standard InChI is InChI=1S/C21H21N3O3S/c1-14-5-3-6-15(11-14)26-10-8-24(2)12-18-22-20(25)19-16(13-28-21(19)23-18)17-7-4-9-27-17/h3-7,9,11,13H,8,10,12H2,1-2H3,(H,22,23,25). The number of nitrogens with one attached hydrogen (secondary N) is 1. The molecule has 0 amide bonds. The number of aromatic amines is 1. The summed E-state index contributed by atoms with van der Waals surface area (Å²) < 4.78 is 11.2. The van der Waals surface area contributed by atoms with E-state index in [0.717, 1.165) is 22.7 Å². The summed E-state index contributed by atoms with van der Waals surface area (Å²) in [5.41, 5.74) is 1.81. The van der Waals surface area contributed by atoms with E-state index < -0.39 is 0 Å². The lowest BCUT2D eigenvalue weighted by atomic mass is 10.2. The van der Waals surface area contributed by atoms with Crippen molar-refractivity contribution in [1.29, 1.82) is 0 Å². The molecule has 4 aromatic rings. The van der Waals surface area contributed by atoms with Gasteiger partial charge in [0.1, 0.15) is 28.8 Å². The van der Waals surface area contributed by atoms with Crippen LogP contribution in [0.5, 0.6) is 5.75 Å². The Kier molecular flexibility index (Phi) is 5.27. The minimum absolute atomic E-state index is 0.142. The Morgan fingerprint density at radius 2 is 2.18 bits per heavy atom. The molecule has 0 bridgehead atoms. The van der Waals surface area contributed by atoms with E-state index in [9.17, 15) is 4.79 Å². The lowest BCUT2D eigenvalue weighted by Gasteiger charge is -2.16. The number of furan rings is 1. The second kappa shape index (κ2) is 8.00. The van der Waals surface area contributed by atoms with Crippen LogP contribution in [0.1, 0.15) is 11.4 Å². The monoisotopic (exact) mass is 395 g/mol. The first kappa shape index (κ1) is 18.5. The molecule has 0 aliphatic rings. The second-order valence-electron chi connectivity index (χ2n) is 6.72. The molecule has 0 radical (unpaired) electrons. The van der Waals surface area contributed by atoms with Crippen molar-refractivity contribution in [2.45, 2.75) is 13.5 Å². The highest BCUT2D eigenvalue weighted by Gasteiger charge is 2.15. The molecule has 6 nitrogen and oxygen atoms in total. The average Bonchev–Trinajstić information content (AvgIpc) is 3.31. The smallest absolute Gasteiger partial charge is 0.260 e. The summed E-state index contributed by atoms with van der Waals surface area (Å²) >= 11 is 1.45. The number of benzene rings is 1. The zero-order valence-corrected chi connectivity index (χ0v) is 16.6. The number of fused-ring (bicyclic) bond motifs is 1. The van der Waals surface area contributed by atoms with Gasteiger partial charge in [-0.15, -0.1) is 11.3 Å². The van der Waals surface area contributed by atoms with Crippen molar-refractivity contribution < 1.29 is 9.15 Å². The van der Waals surface area contributed by atoms with Crippen LogP contribution in [0.4, 0.5) is 0 Å². The zero-order valence-electron chi connectivity index (χ0n) is 15.8. The Morgan fingerprint density at radius 1 is 1.29 bits per heavy atom. The Hall–Kier alpha value is -2.90. The molecule has 0 aliphatic carbocycles. The predicted octanol–water partition coefficient (Wildman–Crippen LogP) is 4.06. The number of aryl methyl sites for hydroxylation is 1. The van der Waals surface area contributed by atoms with Gasteiger partial charge in [-0.05, 0) is 43.8 Å². The van der Waals surface area contributed by atoms with E-state index in [1.807, 2.05) is 55.7 Å². The molecule has 1 aromatic carbocycles. The van der Waals surface area contributed by atoms with Crippen LogP contribution in [-0.4, -0.2) is 35.1 Å². The number of thiophene rings is 1. The van der Waals surface area contributed by atoms with Crippen LogP contribution in [-0.2, 0) is 6.54 Å². The van der Waals surface area contributed by atoms with Crippen molar-refractivity contribution in [3.05, 3.63) is 69.8 Å².